The number of anilines is 1. The summed E-state index contributed by atoms with van der Waals surface area (Å²) in [4.78, 5) is 41.1. The number of hydrogen-bond acceptors (Lipinski definition) is 9. The lowest BCUT2D eigenvalue weighted by Gasteiger charge is -2.14. The summed E-state index contributed by atoms with van der Waals surface area (Å²) >= 11 is 6.45. The summed E-state index contributed by atoms with van der Waals surface area (Å²) in [5.74, 6) is -0.0960. The number of carbonyl (C=O) groups is 3. The lowest BCUT2D eigenvalue weighted by molar-refractivity contribution is -0.126. The van der Waals surface area contributed by atoms with Crippen LogP contribution in [0, 0.1) is 0 Å². The van der Waals surface area contributed by atoms with E-state index in [0.717, 1.165) is 17.3 Å². The minimum absolute atomic E-state index is 0.234. The van der Waals surface area contributed by atoms with E-state index in [2.05, 4.69) is 5.32 Å². The second kappa shape index (κ2) is 12.5. The van der Waals surface area contributed by atoms with Crippen molar-refractivity contribution in [3.63, 3.8) is 0 Å². The molecule has 9 nitrogen and oxygen atoms in total. The number of nitrogens with one attached hydrogen (secondary N) is 1. The van der Waals surface area contributed by atoms with Gasteiger partial charge in [0.1, 0.15) is 17.5 Å². The van der Waals surface area contributed by atoms with Gasteiger partial charge in [-0.25, -0.2) is 4.79 Å². The molecule has 1 aliphatic rings. The molecular weight excluding hydrogens is 502 g/mol. The zero-order valence-electron chi connectivity index (χ0n) is 20.4. The summed E-state index contributed by atoms with van der Waals surface area (Å²) in [5.41, 5.74) is 1.60. The van der Waals surface area contributed by atoms with Crippen molar-refractivity contribution in [1.29, 1.82) is 0 Å². The molecule has 0 bridgehead atoms. The first kappa shape index (κ1) is 27.2. The highest BCUT2D eigenvalue weighted by molar-refractivity contribution is 8.26. The van der Waals surface area contributed by atoms with Crippen LogP contribution in [0.5, 0.6) is 11.5 Å². The van der Waals surface area contributed by atoms with Crippen LogP contribution < -0.4 is 14.8 Å². The zero-order valence-corrected chi connectivity index (χ0v) is 22.0. The maximum atomic E-state index is 12.9. The van der Waals surface area contributed by atoms with Crippen LogP contribution in [0.1, 0.15) is 15.9 Å². The van der Waals surface area contributed by atoms with Gasteiger partial charge < -0.3 is 24.4 Å². The molecule has 0 aromatic heterocycles. The average molecular weight is 530 g/mol. The zero-order chi connectivity index (χ0) is 26.2. The normalized spacial score (nSPS) is 14.4. The molecule has 0 radical (unpaired) electrons. The highest BCUT2D eigenvalue weighted by atomic mass is 32.2. The predicted molar refractivity (Wildman–Crippen MR) is 143 cm³/mol. The first-order valence-corrected chi connectivity index (χ1v) is 12.1. The lowest BCUT2D eigenvalue weighted by atomic mass is 10.2. The summed E-state index contributed by atoms with van der Waals surface area (Å²) in [6.07, 6.45) is 1.69. The third-order valence-corrected chi connectivity index (χ3v) is 6.43. The predicted octanol–water partition coefficient (Wildman–Crippen LogP) is 3.26. The number of carbonyl (C=O) groups excluding carboxylic acids is 3. The van der Waals surface area contributed by atoms with E-state index in [0.29, 0.717) is 34.2 Å². The fraction of sp³-hybridized carbons (Fsp3) is 0.280. The standard InChI is InChI=1S/C25H27N3O6S2/c1-27(2)11-12-34-24(31)17-6-8-18(9-7-17)26-22(29)15-28-23(30)21(36-25(28)35)14-16-5-10-19(32-3)20(13-16)33-4/h5-10,13-14H,11-12,15H2,1-4H3,(H,26,29). The highest BCUT2D eigenvalue weighted by Gasteiger charge is 2.33. The van der Waals surface area contributed by atoms with Gasteiger partial charge in [0.25, 0.3) is 5.91 Å². The number of amides is 2. The van der Waals surface area contributed by atoms with Gasteiger partial charge in [-0.05, 0) is 62.1 Å². The molecule has 11 heteroatoms. The Morgan fingerprint density at radius 2 is 1.78 bits per heavy atom. The van der Waals surface area contributed by atoms with Crippen molar-refractivity contribution in [1.82, 2.24) is 9.80 Å². The van der Waals surface area contributed by atoms with Crippen LogP contribution in [0.3, 0.4) is 0 Å². The minimum atomic E-state index is -0.437. The molecule has 1 heterocycles. The van der Waals surface area contributed by atoms with Crippen LogP contribution in [-0.2, 0) is 14.3 Å². The Bertz CT molecular complexity index is 1180. The van der Waals surface area contributed by atoms with Gasteiger partial charge >= 0.3 is 5.97 Å². The number of methoxy groups -OCH3 is 2. The molecule has 36 heavy (non-hydrogen) atoms. The smallest absolute Gasteiger partial charge is 0.338 e. The SMILES string of the molecule is COc1ccc(C=C2SC(=S)N(CC(=O)Nc3ccc(C(=O)OCCN(C)C)cc3)C2=O)cc1OC. The Morgan fingerprint density at radius 1 is 1.08 bits per heavy atom. The van der Waals surface area contributed by atoms with Crippen molar-refractivity contribution >= 4 is 57.8 Å². The van der Waals surface area contributed by atoms with Crippen LogP contribution in [0.15, 0.2) is 47.4 Å². The Kier molecular flexibility index (Phi) is 9.45. The molecule has 0 atom stereocenters. The molecule has 2 amide bonds. The van der Waals surface area contributed by atoms with E-state index in [1.807, 2.05) is 19.0 Å². The fourth-order valence-corrected chi connectivity index (χ4v) is 4.42. The average Bonchev–Trinajstić information content (AvgIpc) is 3.11. The Labute approximate surface area is 219 Å². The molecule has 2 aromatic carbocycles. The number of hydrogen-bond donors (Lipinski definition) is 1. The fourth-order valence-electron chi connectivity index (χ4n) is 3.17. The van der Waals surface area contributed by atoms with Crippen LogP contribution in [0.25, 0.3) is 6.08 Å². The van der Waals surface area contributed by atoms with Crippen LogP contribution in [0.4, 0.5) is 5.69 Å². The van der Waals surface area contributed by atoms with E-state index >= 15 is 0 Å². The third kappa shape index (κ3) is 7.06. The number of esters is 1. The molecular formula is C25H27N3O6S2. The summed E-state index contributed by atoms with van der Waals surface area (Å²) in [6, 6.07) is 11.6. The molecule has 1 aliphatic heterocycles. The number of thiocarbonyl (C=S) groups is 1. The third-order valence-electron chi connectivity index (χ3n) is 5.06. The second-order valence-corrected chi connectivity index (χ2v) is 9.62. The molecule has 0 spiro atoms. The van der Waals surface area contributed by atoms with E-state index in [1.165, 1.54) is 12.0 Å². The molecule has 1 saturated heterocycles. The van der Waals surface area contributed by atoms with Gasteiger partial charge in [-0.2, -0.15) is 0 Å². The summed E-state index contributed by atoms with van der Waals surface area (Å²) < 4.78 is 16.0. The van der Waals surface area contributed by atoms with Gasteiger partial charge in [0, 0.05) is 12.2 Å². The van der Waals surface area contributed by atoms with E-state index in [1.54, 1.807) is 55.7 Å². The van der Waals surface area contributed by atoms with E-state index in [-0.39, 0.29) is 23.4 Å². The second-order valence-electron chi connectivity index (χ2n) is 7.95. The molecule has 3 rings (SSSR count). The maximum Gasteiger partial charge on any atom is 0.338 e. The summed E-state index contributed by atoms with van der Waals surface area (Å²) in [7, 11) is 6.86. The Hall–Kier alpha value is -3.41. The topological polar surface area (TPSA) is 97.4 Å². The summed E-state index contributed by atoms with van der Waals surface area (Å²) in [5, 5.41) is 2.72. The van der Waals surface area contributed by atoms with Gasteiger partial charge in [-0.15, -0.1) is 0 Å². The van der Waals surface area contributed by atoms with Gasteiger partial charge in [-0.3, -0.25) is 14.5 Å². The molecule has 1 fully saturated rings. The van der Waals surface area contributed by atoms with Gasteiger partial charge in [0.15, 0.2) is 11.5 Å². The molecule has 1 N–H and O–H groups in total. The van der Waals surface area contributed by atoms with Crippen molar-refractivity contribution in [2.24, 2.45) is 0 Å². The molecule has 0 saturated carbocycles. The number of thioether (sulfide) groups is 1. The molecule has 0 unspecified atom stereocenters. The van der Waals surface area contributed by atoms with Gasteiger partial charge in [-0.1, -0.05) is 30.0 Å². The first-order valence-electron chi connectivity index (χ1n) is 10.9. The van der Waals surface area contributed by atoms with Crippen molar-refractivity contribution in [2.75, 3.05) is 53.3 Å². The Balaban J connectivity index is 1.59. The number of rotatable bonds is 10. The highest BCUT2D eigenvalue weighted by Crippen LogP contribution is 2.34. The minimum Gasteiger partial charge on any atom is -0.493 e. The largest absolute Gasteiger partial charge is 0.493 e. The van der Waals surface area contributed by atoms with Crippen LogP contribution >= 0.6 is 24.0 Å². The summed E-state index contributed by atoms with van der Waals surface area (Å²) in [6.45, 7) is 0.678. The number of nitrogens with zero attached hydrogens (tertiary/aromatic N) is 2. The maximum absolute atomic E-state index is 12.9. The van der Waals surface area contributed by atoms with Crippen molar-refractivity contribution in [2.45, 2.75) is 0 Å². The molecule has 0 aliphatic carbocycles. The lowest BCUT2D eigenvalue weighted by Crippen LogP contribution is -2.36. The van der Waals surface area contributed by atoms with Crippen molar-refractivity contribution < 1.29 is 28.6 Å². The first-order chi connectivity index (χ1) is 17.2. The van der Waals surface area contributed by atoms with E-state index in [4.69, 9.17) is 26.4 Å². The van der Waals surface area contributed by atoms with E-state index < -0.39 is 11.9 Å². The van der Waals surface area contributed by atoms with E-state index in [9.17, 15) is 14.4 Å². The van der Waals surface area contributed by atoms with Crippen LogP contribution in [-0.4, -0.2) is 79.9 Å². The number of benzene rings is 2. The Morgan fingerprint density at radius 3 is 2.42 bits per heavy atom. The molecule has 2 aromatic rings. The van der Waals surface area contributed by atoms with Gasteiger partial charge in [0.2, 0.25) is 5.91 Å². The quantitative estimate of drug-likeness (QED) is 0.283. The van der Waals surface area contributed by atoms with Crippen molar-refractivity contribution in [3.05, 3.63) is 58.5 Å². The van der Waals surface area contributed by atoms with Crippen LogP contribution in [0.2, 0.25) is 0 Å². The number of likely N-dealkylation sites (N-methyl/N-ethyl adjacent to an activating group) is 1. The molecule has 190 valence electrons. The van der Waals surface area contributed by atoms with Gasteiger partial charge in [0.05, 0.1) is 24.7 Å². The number of ether oxygens (including phenoxy) is 3. The van der Waals surface area contributed by atoms with Crippen molar-refractivity contribution in [3.8, 4) is 11.5 Å². The monoisotopic (exact) mass is 529 g/mol.